The Balaban J connectivity index is 3.36. The highest BCUT2D eigenvalue weighted by atomic mass is 14.7. The molecule has 0 aliphatic rings. The zero-order valence-corrected chi connectivity index (χ0v) is 15.7. The van der Waals surface area contributed by atoms with Gasteiger partial charge in [0.1, 0.15) is 0 Å². The lowest BCUT2D eigenvalue weighted by atomic mass is 9.73. The van der Waals surface area contributed by atoms with Gasteiger partial charge in [0.05, 0.1) is 0 Å². The Morgan fingerprint density at radius 2 is 1.10 bits per heavy atom. The number of rotatable bonds is 14. The lowest BCUT2D eigenvalue weighted by molar-refractivity contribution is 0.184. The fourth-order valence-electron chi connectivity index (χ4n) is 2.83. The Morgan fingerprint density at radius 1 is 0.714 bits per heavy atom. The molecule has 0 aromatic rings. The Morgan fingerprint density at radius 3 is 1.48 bits per heavy atom. The molecule has 0 amide bonds. The molecule has 1 atom stereocenters. The van der Waals surface area contributed by atoms with Crippen LogP contribution >= 0.6 is 0 Å². The molecule has 0 heterocycles. The first-order valence-corrected chi connectivity index (χ1v) is 9.68. The molecule has 0 aromatic heterocycles. The fraction of sp³-hybridized carbons (Fsp3) is 1.00. The second-order valence-electron chi connectivity index (χ2n) is 7.91. The molecular weight excluding hydrogens is 254 g/mol. The van der Waals surface area contributed by atoms with E-state index in [0.29, 0.717) is 12.0 Å². The molecule has 0 rings (SSSR count). The van der Waals surface area contributed by atoms with Crippen molar-refractivity contribution in [1.82, 2.24) is 0 Å². The Hall–Kier alpha value is -0.0400. The van der Waals surface area contributed by atoms with Crippen molar-refractivity contribution in [3.63, 3.8) is 0 Å². The van der Waals surface area contributed by atoms with Crippen molar-refractivity contribution in [3.8, 4) is 0 Å². The van der Waals surface area contributed by atoms with Crippen LogP contribution in [0, 0.1) is 11.3 Å². The minimum Gasteiger partial charge on any atom is -0.327 e. The second kappa shape index (κ2) is 12.5. The topological polar surface area (TPSA) is 26.0 Å². The summed E-state index contributed by atoms with van der Waals surface area (Å²) in [5.41, 5.74) is 6.65. The van der Waals surface area contributed by atoms with Gasteiger partial charge < -0.3 is 5.73 Å². The largest absolute Gasteiger partial charge is 0.327 e. The van der Waals surface area contributed by atoms with E-state index in [-0.39, 0.29) is 5.41 Å². The number of unbranched alkanes of at least 4 members (excludes halogenated alkanes) is 10. The molecule has 0 aliphatic heterocycles. The van der Waals surface area contributed by atoms with Crippen LogP contribution in [0.25, 0.3) is 0 Å². The molecule has 0 bridgehead atoms. The van der Waals surface area contributed by atoms with Crippen LogP contribution < -0.4 is 5.73 Å². The van der Waals surface area contributed by atoms with Crippen LogP contribution in [0.2, 0.25) is 0 Å². The maximum atomic E-state index is 6.37. The third-order valence-corrected chi connectivity index (χ3v) is 5.56. The third-order valence-electron chi connectivity index (χ3n) is 5.56. The molecule has 0 radical (unpaired) electrons. The van der Waals surface area contributed by atoms with Gasteiger partial charge in [-0.05, 0) is 17.8 Å². The van der Waals surface area contributed by atoms with Crippen molar-refractivity contribution in [2.24, 2.45) is 17.1 Å². The highest BCUT2D eigenvalue weighted by molar-refractivity contribution is 4.83. The van der Waals surface area contributed by atoms with Crippen LogP contribution in [-0.2, 0) is 0 Å². The SMILES string of the molecule is CCCCCCCCCCCCCC(N)C(C)(C)C(C)C. The summed E-state index contributed by atoms with van der Waals surface area (Å²) >= 11 is 0. The van der Waals surface area contributed by atoms with Crippen LogP contribution in [0.15, 0.2) is 0 Å². The molecule has 2 N–H and O–H groups in total. The summed E-state index contributed by atoms with van der Waals surface area (Å²) in [7, 11) is 0. The maximum absolute atomic E-state index is 6.37. The average Bonchev–Trinajstić information content (AvgIpc) is 2.44. The first-order valence-electron chi connectivity index (χ1n) is 9.68. The number of nitrogens with two attached hydrogens (primary N) is 1. The molecule has 1 unspecified atom stereocenters. The normalized spacial score (nSPS) is 13.9. The predicted molar refractivity (Wildman–Crippen MR) is 97.7 cm³/mol. The van der Waals surface area contributed by atoms with Gasteiger partial charge in [-0.2, -0.15) is 0 Å². The van der Waals surface area contributed by atoms with Crippen molar-refractivity contribution in [2.75, 3.05) is 0 Å². The predicted octanol–water partition coefficient (Wildman–Crippen LogP) is 6.70. The van der Waals surface area contributed by atoms with Gasteiger partial charge in [0, 0.05) is 6.04 Å². The van der Waals surface area contributed by atoms with Crippen molar-refractivity contribution in [1.29, 1.82) is 0 Å². The van der Waals surface area contributed by atoms with Gasteiger partial charge >= 0.3 is 0 Å². The summed E-state index contributed by atoms with van der Waals surface area (Å²) in [6.07, 6.45) is 16.7. The van der Waals surface area contributed by atoms with Gasteiger partial charge in [-0.1, -0.05) is 105 Å². The van der Waals surface area contributed by atoms with E-state index in [1.54, 1.807) is 0 Å². The lowest BCUT2D eigenvalue weighted by Gasteiger charge is -2.35. The molecule has 0 spiro atoms. The van der Waals surface area contributed by atoms with E-state index in [1.807, 2.05) is 0 Å². The molecule has 0 aliphatic carbocycles. The van der Waals surface area contributed by atoms with E-state index in [9.17, 15) is 0 Å². The van der Waals surface area contributed by atoms with E-state index in [2.05, 4.69) is 34.6 Å². The van der Waals surface area contributed by atoms with Crippen LogP contribution in [-0.4, -0.2) is 6.04 Å². The molecule has 128 valence electrons. The zero-order chi connectivity index (χ0) is 16.1. The molecule has 0 aromatic carbocycles. The lowest BCUT2D eigenvalue weighted by Crippen LogP contribution is -2.40. The highest BCUT2D eigenvalue weighted by Gasteiger charge is 2.29. The van der Waals surface area contributed by atoms with Crippen molar-refractivity contribution < 1.29 is 0 Å². The third kappa shape index (κ3) is 10.3. The zero-order valence-electron chi connectivity index (χ0n) is 15.7. The minimum absolute atomic E-state index is 0.276. The minimum atomic E-state index is 0.276. The molecule has 0 saturated carbocycles. The smallest absolute Gasteiger partial charge is 0.00927 e. The van der Waals surface area contributed by atoms with Crippen LogP contribution in [0.3, 0.4) is 0 Å². The summed E-state index contributed by atoms with van der Waals surface area (Å²) in [4.78, 5) is 0. The summed E-state index contributed by atoms with van der Waals surface area (Å²) in [6.45, 7) is 11.5. The van der Waals surface area contributed by atoms with E-state index < -0.39 is 0 Å². The average molecular weight is 298 g/mol. The van der Waals surface area contributed by atoms with Crippen molar-refractivity contribution >= 4 is 0 Å². The first kappa shape index (κ1) is 21.0. The molecule has 0 saturated heterocycles. The first-order chi connectivity index (χ1) is 9.92. The van der Waals surface area contributed by atoms with E-state index in [4.69, 9.17) is 5.73 Å². The second-order valence-corrected chi connectivity index (χ2v) is 7.91. The van der Waals surface area contributed by atoms with Gasteiger partial charge in [-0.25, -0.2) is 0 Å². The molecule has 1 nitrogen and oxygen atoms in total. The summed E-state index contributed by atoms with van der Waals surface area (Å²) in [5, 5.41) is 0. The van der Waals surface area contributed by atoms with E-state index in [0.717, 1.165) is 0 Å². The molecular formula is C20H43N. The monoisotopic (exact) mass is 297 g/mol. The van der Waals surface area contributed by atoms with E-state index in [1.165, 1.54) is 77.0 Å². The quantitative estimate of drug-likeness (QED) is 0.355. The van der Waals surface area contributed by atoms with Crippen molar-refractivity contribution in [3.05, 3.63) is 0 Å². The van der Waals surface area contributed by atoms with Crippen LogP contribution in [0.1, 0.15) is 112 Å². The van der Waals surface area contributed by atoms with E-state index >= 15 is 0 Å². The summed E-state index contributed by atoms with van der Waals surface area (Å²) < 4.78 is 0. The van der Waals surface area contributed by atoms with Gasteiger partial charge in [-0.3, -0.25) is 0 Å². The van der Waals surface area contributed by atoms with Crippen molar-refractivity contribution in [2.45, 2.75) is 118 Å². The van der Waals surface area contributed by atoms with Gasteiger partial charge in [-0.15, -0.1) is 0 Å². The van der Waals surface area contributed by atoms with Gasteiger partial charge in [0.15, 0.2) is 0 Å². The highest BCUT2D eigenvalue weighted by Crippen LogP contribution is 2.31. The molecule has 0 fully saturated rings. The molecule has 21 heavy (non-hydrogen) atoms. The Labute approximate surface area is 135 Å². The summed E-state index contributed by atoms with van der Waals surface area (Å²) in [5.74, 6) is 0.667. The van der Waals surface area contributed by atoms with Crippen LogP contribution in [0.4, 0.5) is 0 Å². The maximum Gasteiger partial charge on any atom is 0.00927 e. The fourth-order valence-corrected chi connectivity index (χ4v) is 2.83. The number of hydrogen-bond acceptors (Lipinski definition) is 1. The van der Waals surface area contributed by atoms with Gasteiger partial charge in [0.25, 0.3) is 0 Å². The number of hydrogen-bond donors (Lipinski definition) is 1. The molecule has 1 heteroatoms. The standard InChI is InChI=1S/C20H43N/c1-6-7-8-9-10-11-12-13-14-15-16-17-19(21)20(4,5)18(2)3/h18-19H,6-17,21H2,1-5H3. The van der Waals surface area contributed by atoms with Gasteiger partial charge in [0.2, 0.25) is 0 Å². The Kier molecular flexibility index (Phi) is 12.5. The van der Waals surface area contributed by atoms with Crippen LogP contribution in [0.5, 0.6) is 0 Å². The summed E-state index contributed by atoms with van der Waals surface area (Å²) in [6, 6.07) is 0.357. The Bertz CT molecular complexity index is 220.